The van der Waals surface area contributed by atoms with Crippen molar-refractivity contribution in [3.8, 4) is 11.5 Å². The highest BCUT2D eigenvalue weighted by Gasteiger charge is 2.17. The van der Waals surface area contributed by atoms with E-state index in [1.807, 2.05) is 60.8 Å². The van der Waals surface area contributed by atoms with Crippen molar-refractivity contribution in [2.45, 2.75) is 13.5 Å². The lowest BCUT2D eigenvalue weighted by Gasteiger charge is -2.15. The molecule has 8 nitrogen and oxygen atoms in total. The Morgan fingerprint density at radius 3 is 2.50 bits per heavy atom. The van der Waals surface area contributed by atoms with Crippen LogP contribution >= 0.6 is 11.3 Å². The van der Waals surface area contributed by atoms with Crippen LogP contribution in [-0.4, -0.2) is 27.0 Å². The van der Waals surface area contributed by atoms with E-state index in [1.54, 1.807) is 12.1 Å². The van der Waals surface area contributed by atoms with Gasteiger partial charge in [-0.05, 0) is 48.4 Å². The lowest BCUT2D eigenvalue weighted by Crippen LogP contribution is -2.23. The summed E-state index contributed by atoms with van der Waals surface area (Å²) in [5.74, 6) is -0.832. The fourth-order valence-corrected chi connectivity index (χ4v) is 4.87. The number of hydrogen-bond donors (Lipinski definition) is 5. The Morgan fingerprint density at radius 1 is 0.895 bits per heavy atom. The van der Waals surface area contributed by atoms with E-state index in [0.717, 1.165) is 21.3 Å². The number of pyridine rings is 1. The van der Waals surface area contributed by atoms with E-state index in [1.165, 1.54) is 29.7 Å². The number of nitrogens with one attached hydrogen (secondary N) is 3. The number of nitrogens with zero attached hydrogens (tertiary/aromatic N) is 1. The summed E-state index contributed by atoms with van der Waals surface area (Å²) in [6, 6.07) is 21.3. The van der Waals surface area contributed by atoms with Crippen molar-refractivity contribution >= 4 is 50.4 Å². The van der Waals surface area contributed by atoms with Crippen LogP contribution in [0.2, 0.25) is 0 Å². The molecular weight excluding hydrogens is 500 g/mol. The number of anilines is 3. The lowest BCUT2D eigenvalue weighted by atomic mass is 10.1. The molecule has 0 saturated heterocycles. The van der Waals surface area contributed by atoms with Crippen molar-refractivity contribution in [2.24, 2.45) is 0 Å². The molecule has 2 heterocycles. The number of carbonyl (C=O) groups is 2. The molecule has 2 amide bonds. The molecule has 0 saturated carbocycles. The van der Waals surface area contributed by atoms with Crippen molar-refractivity contribution in [1.82, 2.24) is 10.3 Å². The van der Waals surface area contributed by atoms with Crippen LogP contribution in [0.15, 0.2) is 84.4 Å². The Labute approximate surface area is 222 Å². The number of aromatic hydroxyl groups is 2. The molecule has 0 aliphatic carbocycles. The summed E-state index contributed by atoms with van der Waals surface area (Å²) in [6.07, 6.45) is 1.43. The second kappa shape index (κ2) is 10.6. The molecular formula is C29H24N4O4S. The largest absolute Gasteiger partial charge is 0.504 e. The Morgan fingerprint density at radius 2 is 1.68 bits per heavy atom. The number of amides is 2. The number of aromatic nitrogens is 1. The van der Waals surface area contributed by atoms with Crippen LogP contribution < -0.4 is 16.0 Å². The van der Waals surface area contributed by atoms with Crippen LogP contribution in [0.5, 0.6) is 11.5 Å². The molecule has 5 aromatic rings. The van der Waals surface area contributed by atoms with Crippen LogP contribution in [-0.2, 0) is 6.54 Å². The Balaban J connectivity index is 1.43. The van der Waals surface area contributed by atoms with Crippen molar-refractivity contribution in [3.05, 3.63) is 107 Å². The number of phenolic OH excluding ortho intramolecular Hbond substituents is 2. The maximum atomic E-state index is 13.3. The molecule has 0 radical (unpaired) electrons. The maximum Gasteiger partial charge on any atom is 0.257 e. The van der Waals surface area contributed by atoms with Gasteiger partial charge < -0.3 is 26.2 Å². The van der Waals surface area contributed by atoms with Crippen LogP contribution in [0.3, 0.4) is 0 Å². The summed E-state index contributed by atoms with van der Waals surface area (Å²) in [7, 11) is 0. The molecule has 0 spiro atoms. The summed E-state index contributed by atoms with van der Waals surface area (Å²) in [4.78, 5) is 30.7. The monoisotopic (exact) mass is 524 g/mol. The minimum absolute atomic E-state index is 0.123. The third-order valence-corrected chi connectivity index (χ3v) is 6.98. The van der Waals surface area contributed by atoms with Gasteiger partial charge >= 0.3 is 0 Å². The first-order valence-electron chi connectivity index (χ1n) is 11.8. The molecule has 190 valence electrons. The molecule has 5 rings (SSSR count). The molecule has 2 aromatic heterocycles. The number of benzene rings is 3. The van der Waals surface area contributed by atoms with Gasteiger partial charge in [0.1, 0.15) is 0 Å². The van der Waals surface area contributed by atoms with Crippen LogP contribution in [0.25, 0.3) is 10.1 Å². The molecule has 9 heteroatoms. The first-order valence-corrected chi connectivity index (χ1v) is 12.7. The highest BCUT2D eigenvalue weighted by molar-refractivity contribution is 7.17. The van der Waals surface area contributed by atoms with E-state index in [2.05, 4.69) is 20.9 Å². The van der Waals surface area contributed by atoms with Gasteiger partial charge in [-0.3, -0.25) is 9.59 Å². The number of para-hydroxylation sites is 1. The predicted molar refractivity (Wildman–Crippen MR) is 149 cm³/mol. The number of thiophene rings is 1. The van der Waals surface area contributed by atoms with Gasteiger partial charge in [0.25, 0.3) is 11.8 Å². The van der Waals surface area contributed by atoms with Gasteiger partial charge in [-0.2, -0.15) is 0 Å². The van der Waals surface area contributed by atoms with Crippen molar-refractivity contribution in [2.75, 3.05) is 10.6 Å². The van der Waals surface area contributed by atoms with Gasteiger partial charge in [-0.15, -0.1) is 11.3 Å². The Kier molecular flexibility index (Phi) is 6.92. The first kappa shape index (κ1) is 24.8. The van der Waals surface area contributed by atoms with E-state index < -0.39 is 5.91 Å². The van der Waals surface area contributed by atoms with Crippen molar-refractivity contribution < 1.29 is 19.8 Å². The van der Waals surface area contributed by atoms with Crippen molar-refractivity contribution in [3.63, 3.8) is 0 Å². The van der Waals surface area contributed by atoms with E-state index in [0.29, 0.717) is 22.6 Å². The summed E-state index contributed by atoms with van der Waals surface area (Å²) in [6.45, 7) is 2.08. The highest BCUT2D eigenvalue weighted by Crippen LogP contribution is 2.30. The SMILES string of the molecule is Cc1ccccc1Nc1ncc(C(=O)NCc2ccc(O)c(O)c2)cc1NC(=O)c1csc2ccccc12. The third-order valence-electron chi connectivity index (χ3n) is 6.01. The normalized spacial score (nSPS) is 10.8. The lowest BCUT2D eigenvalue weighted by molar-refractivity contribution is 0.0949. The van der Waals surface area contributed by atoms with Crippen LogP contribution in [0, 0.1) is 6.92 Å². The zero-order valence-electron chi connectivity index (χ0n) is 20.4. The molecule has 0 fully saturated rings. The molecule has 0 atom stereocenters. The molecule has 38 heavy (non-hydrogen) atoms. The number of hydrogen-bond acceptors (Lipinski definition) is 7. The molecule has 5 N–H and O–H groups in total. The Hall–Kier alpha value is -4.89. The molecule has 0 bridgehead atoms. The number of fused-ring (bicyclic) bond motifs is 1. The smallest absolute Gasteiger partial charge is 0.257 e. The fraction of sp³-hybridized carbons (Fsp3) is 0.0690. The zero-order chi connectivity index (χ0) is 26.6. The van der Waals surface area contributed by atoms with Crippen molar-refractivity contribution in [1.29, 1.82) is 0 Å². The van der Waals surface area contributed by atoms with E-state index in [-0.39, 0.29) is 29.5 Å². The molecule has 0 unspecified atom stereocenters. The van der Waals surface area contributed by atoms with Crippen LogP contribution in [0.4, 0.5) is 17.2 Å². The van der Waals surface area contributed by atoms with E-state index in [9.17, 15) is 19.8 Å². The summed E-state index contributed by atoms with van der Waals surface area (Å²) in [5, 5.41) is 30.8. The summed E-state index contributed by atoms with van der Waals surface area (Å²) < 4.78 is 1.00. The van der Waals surface area contributed by atoms with Gasteiger partial charge in [0.2, 0.25) is 0 Å². The first-order chi connectivity index (χ1) is 18.4. The fourth-order valence-electron chi connectivity index (χ4n) is 3.93. The van der Waals surface area contributed by atoms with Gasteiger partial charge in [0.15, 0.2) is 17.3 Å². The quantitative estimate of drug-likeness (QED) is 0.168. The molecule has 0 aliphatic heterocycles. The average molecular weight is 525 g/mol. The van der Waals surface area contributed by atoms with Gasteiger partial charge in [-0.25, -0.2) is 4.98 Å². The second-order valence-electron chi connectivity index (χ2n) is 8.67. The standard InChI is InChI=1S/C29H24N4O4S/c1-17-6-2-4-8-22(17)32-27-23(33-29(37)21-16-38-26-9-5-3-7-20(21)26)13-19(15-30-27)28(36)31-14-18-10-11-24(34)25(35)12-18/h2-13,15-16,34-35H,14H2,1H3,(H,30,32)(H,31,36)(H,33,37). The minimum atomic E-state index is -0.413. The third kappa shape index (κ3) is 5.28. The average Bonchev–Trinajstić information content (AvgIpc) is 3.36. The van der Waals surface area contributed by atoms with E-state index >= 15 is 0 Å². The molecule has 3 aromatic carbocycles. The summed E-state index contributed by atoms with van der Waals surface area (Å²) >= 11 is 1.49. The zero-order valence-corrected chi connectivity index (χ0v) is 21.2. The summed E-state index contributed by atoms with van der Waals surface area (Å²) in [5.41, 5.74) is 3.55. The number of phenols is 2. The second-order valence-corrected chi connectivity index (χ2v) is 9.58. The van der Waals surface area contributed by atoms with Crippen LogP contribution in [0.1, 0.15) is 31.8 Å². The highest BCUT2D eigenvalue weighted by atomic mass is 32.1. The number of carbonyl (C=O) groups excluding carboxylic acids is 2. The topological polar surface area (TPSA) is 124 Å². The van der Waals surface area contributed by atoms with Gasteiger partial charge in [-0.1, -0.05) is 42.5 Å². The predicted octanol–water partition coefficient (Wildman–Crippen LogP) is 5.94. The number of aryl methyl sites for hydroxylation is 1. The van der Waals surface area contributed by atoms with Gasteiger partial charge in [0, 0.05) is 33.9 Å². The van der Waals surface area contributed by atoms with Gasteiger partial charge in [0.05, 0.1) is 16.8 Å². The Bertz CT molecular complexity index is 1660. The van der Waals surface area contributed by atoms with E-state index in [4.69, 9.17) is 0 Å². The minimum Gasteiger partial charge on any atom is -0.504 e. The number of rotatable bonds is 7. The molecule has 0 aliphatic rings. The maximum absolute atomic E-state index is 13.3.